The number of hydrogen-bond donors (Lipinski definition) is 1. The zero-order valence-electron chi connectivity index (χ0n) is 18.3. The summed E-state index contributed by atoms with van der Waals surface area (Å²) in [5.74, 6) is 0.864. The third-order valence-electron chi connectivity index (χ3n) is 7.17. The molecule has 2 heterocycles. The monoisotopic (exact) mass is 448 g/mol. The zero-order valence-corrected chi connectivity index (χ0v) is 19.9. The van der Waals surface area contributed by atoms with Crippen LogP contribution in [0.5, 0.6) is 0 Å². The lowest BCUT2D eigenvalue weighted by molar-refractivity contribution is 0.158. The maximum atomic E-state index is 3.58. The van der Waals surface area contributed by atoms with Gasteiger partial charge in [-0.05, 0) is 101 Å². The van der Waals surface area contributed by atoms with Gasteiger partial charge in [0.2, 0.25) is 0 Å². The smallest absolute Gasteiger partial charge is 0.00102 e. The predicted octanol–water partition coefficient (Wildman–Crippen LogP) is 5.80. The van der Waals surface area contributed by atoms with E-state index in [1.165, 1.54) is 69.3 Å². The Morgan fingerprint density at radius 1 is 0.933 bits per heavy atom. The van der Waals surface area contributed by atoms with E-state index < -0.39 is 0 Å². The Morgan fingerprint density at radius 2 is 1.63 bits per heavy atom. The molecule has 4 rings (SSSR count). The fraction of sp³-hybridized carbons (Fsp3) is 0.538. The predicted molar refractivity (Wildman–Crippen MR) is 133 cm³/mol. The van der Waals surface area contributed by atoms with Gasteiger partial charge in [0.1, 0.15) is 0 Å². The maximum Gasteiger partial charge on any atom is -0.00102 e. The van der Waals surface area contributed by atoms with Crippen LogP contribution in [-0.2, 0) is 11.8 Å². The normalized spacial score (nSPS) is 19.5. The molecule has 2 aliphatic rings. The maximum absolute atomic E-state index is 3.58. The van der Waals surface area contributed by atoms with Gasteiger partial charge in [0.05, 0.1) is 0 Å². The van der Waals surface area contributed by atoms with Crippen molar-refractivity contribution in [1.29, 1.82) is 0 Å². The minimum absolute atomic E-state index is 0. The van der Waals surface area contributed by atoms with E-state index in [4.69, 9.17) is 0 Å². The van der Waals surface area contributed by atoms with E-state index in [1.807, 2.05) is 0 Å². The molecule has 2 fully saturated rings. The van der Waals surface area contributed by atoms with Gasteiger partial charge < -0.3 is 10.2 Å². The summed E-state index contributed by atoms with van der Waals surface area (Å²) in [4.78, 5) is 2.74. The van der Waals surface area contributed by atoms with Crippen LogP contribution in [0.15, 0.2) is 54.6 Å². The fourth-order valence-electron chi connectivity index (χ4n) is 5.30. The van der Waals surface area contributed by atoms with E-state index in [2.05, 4.69) is 71.7 Å². The summed E-state index contributed by atoms with van der Waals surface area (Å²) < 4.78 is 0. The first-order valence-electron chi connectivity index (χ1n) is 11.3. The van der Waals surface area contributed by atoms with Gasteiger partial charge in [-0.15, -0.1) is 24.8 Å². The highest BCUT2D eigenvalue weighted by Crippen LogP contribution is 2.37. The molecular weight excluding hydrogens is 411 g/mol. The van der Waals surface area contributed by atoms with Crippen LogP contribution < -0.4 is 5.32 Å². The highest BCUT2D eigenvalue weighted by molar-refractivity contribution is 5.85. The summed E-state index contributed by atoms with van der Waals surface area (Å²) in [7, 11) is 0. The molecule has 166 valence electrons. The summed E-state index contributed by atoms with van der Waals surface area (Å²) in [5, 5.41) is 3.58. The van der Waals surface area contributed by atoms with Crippen LogP contribution >= 0.6 is 24.8 Å². The van der Waals surface area contributed by atoms with Crippen molar-refractivity contribution in [1.82, 2.24) is 10.2 Å². The van der Waals surface area contributed by atoms with Crippen LogP contribution in [0.1, 0.15) is 48.8 Å². The topological polar surface area (TPSA) is 15.3 Å². The first-order chi connectivity index (χ1) is 13.7. The number of hydrogen-bond acceptors (Lipinski definition) is 2. The quantitative estimate of drug-likeness (QED) is 0.599. The van der Waals surface area contributed by atoms with Crippen LogP contribution in [0, 0.1) is 12.8 Å². The molecule has 0 saturated carbocycles. The van der Waals surface area contributed by atoms with E-state index in [-0.39, 0.29) is 24.8 Å². The van der Waals surface area contributed by atoms with Gasteiger partial charge in [0, 0.05) is 0 Å². The summed E-state index contributed by atoms with van der Waals surface area (Å²) in [6.45, 7) is 8.36. The van der Waals surface area contributed by atoms with Crippen LogP contribution in [0.3, 0.4) is 0 Å². The van der Waals surface area contributed by atoms with Crippen LogP contribution in [-0.4, -0.2) is 37.6 Å². The Hall–Kier alpha value is -1.06. The van der Waals surface area contributed by atoms with Gasteiger partial charge in [-0.25, -0.2) is 0 Å². The third kappa shape index (κ3) is 6.47. The number of nitrogens with zero attached hydrogens (tertiary/aromatic N) is 1. The molecule has 2 saturated heterocycles. The molecule has 2 aromatic carbocycles. The molecule has 2 nitrogen and oxygen atoms in total. The molecule has 0 amide bonds. The highest BCUT2D eigenvalue weighted by atomic mass is 35.5. The van der Waals surface area contributed by atoms with Crippen molar-refractivity contribution >= 4 is 24.8 Å². The number of benzene rings is 2. The second kappa shape index (κ2) is 12.1. The Bertz CT molecular complexity index is 736. The molecule has 30 heavy (non-hydrogen) atoms. The standard InChI is InChI=1S/C26H36N2.2ClH/c1-22-6-5-9-25(20-22)26(12-15-27-16-13-26)14-19-28-17-10-24(11-18-28)21-23-7-3-2-4-8-23;;/h2-9,20,24,27H,10-19,21H2,1H3;2*1H. The Morgan fingerprint density at radius 3 is 2.30 bits per heavy atom. The lowest BCUT2D eigenvalue weighted by atomic mass is 9.70. The fourth-order valence-corrected chi connectivity index (χ4v) is 5.30. The second-order valence-corrected chi connectivity index (χ2v) is 9.12. The van der Waals surface area contributed by atoms with Crippen LogP contribution in [0.4, 0.5) is 0 Å². The van der Waals surface area contributed by atoms with Crippen molar-refractivity contribution < 1.29 is 0 Å². The molecular formula is C26H38Cl2N2. The molecule has 0 radical (unpaired) electrons. The Labute approximate surface area is 195 Å². The molecule has 0 aromatic heterocycles. The van der Waals surface area contributed by atoms with Gasteiger partial charge in [-0.3, -0.25) is 0 Å². The third-order valence-corrected chi connectivity index (χ3v) is 7.17. The van der Waals surface area contributed by atoms with Gasteiger partial charge in [-0.1, -0.05) is 60.2 Å². The van der Waals surface area contributed by atoms with Crippen molar-refractivity contribution in [3.63, 3.8) is 0 Å². The molecule has 0 aliphatic carbocycles. The van der Waals surface area contributed by atoms with E-state index in [0.717, 1.165) is 19.0 Å². The molecule has 2 aliphatic heterocycles. The average molecular weight is 450 g/mol. The zero-order chi connectivity index (χ0) is 19.2. The summed E-state index contributed by atoms with van der Waals surface area (Å²) >= 11 is 0. The Balaban J connectivity index is 0.00000160. The van der Waals surface area contributed by atoms with Crippen molar-refractivity contribution in [2.75, 3.05) is 32.7 Å². The van der Waals surface area contributed by atoms with E-state index >= 15 is 0 Å². The molecule has 0 bridgehead atoms. The minimum Gasteiger partial charge on any atom is -0.317 e. The van der Waals surface area contributed by atoms with Crippen molar-refractivity contribution in [2.24, 2.45) is 5.92 Å². The van der Waals surface area contributed by atoms with Crippen LogP contribution in [0.2, 0.25) is 0 Å². The summed E-state index contributed by atoms with van der Waals surface area (Å²) in [6.07, 6.45) is 7.83. The number of nitrogens with one attached hydrogen (secondary N) is 1. The molecule has 0 unspecified atom stereocenters. The number of halogens is 2. The largest absolute Gasteiger partial charge is 0.317 e. The van der Waals surface area contributed by atoms with E-state index in [0.29, 0.717) is 5.41 Å². The minimum atomic E-state index is 0. The van der Waals surface area contributed by atoms with Crippen molar-refractivity contribution in [3.8, 4) is 0 Å². The lowest BCUT2D eigenvalue weighted by Gasteiger charge is -2.41. The van der Waals surface area contributed by atoms with Gasteiger partial charge in [0.25, 0.3) is 0 Å². The molecule has 2 aromatic rings. The summed E-state index contributed by atoms with van der Waals surface area (Å²) in [6, 6.07) is 20.4. The van der Waals surface area contributed by atoms with E-state index in [9.17, 15) is 0 Å². The number of piperidine rings is 2. The SMILES string of the molecule is Cc1cccc(C2(CCN3CCC(Cc4ccccc4)CC3)CCNCC2)c1.Cl.Cl. The second-order valence-electron chi connectivity index (χ2n) is 9.12. The molecule has 0 spiro atoms. The number of rotatable bonds is 6. The van der Waals surface area contributed by atoms with Gasteiger partial charge in [-0.2, -0.15) is 0 Å². The van der Waals surface area contributed by atoms with E-state index in [1.54, 1.807) is 5.56 Å². The summed E-state index contributed by atoms with van der Waals surface area (Å²) in [5.41, 5.74) is 4.86. The number of likely N-dealkylation sites (tertiary alicyclic amines) is 1. The average Bonchev–Trinajstić information content (AvgIpc) is 2.75. The number of aryl methyl sites for hydroxylation is 1. The van der Waals surface area contributed by atoms with Gasteiger partial charge in [0.15, 0.2) is 0 Å². The molecule has 4 heteroatoms. The first-order valence-corrected chi connectivity index (χ1v) is 11.3. The van der Waals surface area contributed by atoms with Crippen molar-refractivity contribution in [2.45, 2.75) is 50.9 Å². The van der Waals surface area contributed by atoms with Gasteiger partial charge >= 0.3 is 0 Å². The highest BCUT2D eigenvalue weighted by Gasteiger charge is 2.34. The molecule has 0 atom stereocenters. The van der Waals surface area contributed by atoms with Crippen molar-refractivity contribution in [3.05, 3.63) is 71.3 Å². The lowest BCUT2D eigenvalue weighted by Crippen LogP contribution is -2.43. The van der Waals surface area contributed by atoms with Crippen LogP contribution in [0.25, 0.3) is 0 Å². The first kappa shape index (κ1) is 25.2. The molecule has 1 N–H and O–H groups in total. The Kier molecular flexibility index (Phi) is 10.2.